The second-order valence-electron chi connectivity index (χ2n) is 5.94. The highest BCUT2D eigenvalue weighted by Crippen LogP contribution is 2.23. The summed E-state index contributed by atoms with van der Waals surface area (Å²) in [7, 11) is 0. The molecule has 0 radical (unpaired) electrons. The van der Waals surface area contributed by atoms with E-state index >= 15 is 0 Å². The van der Waals surface area contributed by atoms with Crippen LogP contribution < -0.4 is 10.1 Å². The summed E-state index contributed by atoms with van der Waals surface area (Å²) in [5.74, 6) is 1.53. The SMILES string of the molecule is O=CCCCCCCOc1ccc(Nc2nc(Br)cn3ccnc23)cc1. The lowest BCUT2D eigenvalue weighted by Gasteiger charge is -2.09. The first-order valence-electron chi connectivity index (χ1n) is 8.69. The van der Waals surface area contributed by atoms with Crippen LogP contribution in [0.2, 0.25) is 0 Å². The lowest BCUT2D eigenvalue weighted by atomic mass is 10.2. The number of hydrogen-bond donors (Lipinski definition) is 1. The standard InChI is InChI=1S/C19H21BrN4O2/c20-17-14-24-11-10-21-19(24)18(23-17)22-15-6-8-16(9-7-15)26-13-5-3-1-2-4-12-25/h6-12,14H,1-5,13H2,(H,22,23). The minimum absolute atomic E-state index is 0.660. The molecule has 0 unspecified atom stereocenters. The quantitative estimate of drug-likeness (QED) is 0.380. The summed E-state index contributed by atoms with van der Waals surface area (Å²) in [5.41, 5.74) is 1.69. The zero-order valence-electron chi connectivity index (χ0n) is 14.4. The molecule has 26 heavy (non-hydrogen) atoms. The Morgan fingerprint density at radius 1 is 1.15 bits per heavy atom. The van der Waals surface area contributed by atoms with Crippen molar-refractivity contribution in [3.05, 3.63) is 47.5 Å². The summed E-state index contributed by atoms with van der Waals surface area (Å²) in [6, 6.07) is 7.80. The van der Waals surface area contributed by atoms with Gasteiger partial charge in [0.1, 0.15) is 16.6 Å². The molecule has 0 saturated heterocycles. The number of unbranched alkanes of at least 4 members (excludes halogenated alkanes) is 4. The van der Waals surface area contributed by atoms with E-state index in [1.807, 2.05) is 41.1 Å². The number of carbonyl (C=O) groups is 1. The van der Waals surface area contributed by atoms with Crippen LogP contribution in [0.25, 0.3) is 5.65 Å². The third-order valence-corrected chi connectivity index (χ3v) is 4.33. The third-order valence-electron chi connectivity index (χ3n) is 3.95. The summed E-state index contributed by atoms with van der Waals surface area (Å²) in [5, 5.41) is 3.29. The Morgan fingerprint density at radius 2 is 1.96 bits per heavy atom. The fourth-order valence-corrected chi connectivity index (χ4v) is 3.03. The van der Waals surface area contributed by atoms with E-state index in [1.165, 1.54) is 0 Å². The van der Waals surface area contributed by atoms with Crippen LogP contribution in [0.4, 0.5) is 11.5 Å². The summed E-state index contributed by atoms with van der Waals surface area (Å²) in [6.45, 7) is 0.690. The largest absolute Gasteiger partial charge is 0.494 e. The van der Waals surface area contributed by atoms with Crippen LogP contribution in [0.15, 0.2) is 47.5 Å². The normalized spacial score (nSPS) is 10.8. The molecule has 0 bridgehead atoms. The van der Waals surface area contributed by atoms with Crippen LogP contribution in [0.5, 0.6) is 5.75 Å². The maximum Gasteiger partial charge on any atom is 0.180 e. The van der Waals surface area contributed by atoms with Crippen molar-refractivity contribution in [2.45, 2.75) is 32.1 Å². The highest BCUT2D eigenvalue weighted by atomic mass is 79.9. The van der Waals surface area contributed by atoms with Crippen molar-refractivity contribution < 1.29 is 9.53 Å². The van der Waals surface area contributed by atoms with Gasteiger partial charge in [0.25, 0.3) is 0 Å². The van der Waals surface area contributed by atoms with Gasteiger partial charge in [-0.15, -0.1) is 0 Å². The molecule has 1 aromatic carbocycles. The molecule has 6 nitrogen and oxygen atoms in total. The number of halogens is 1. The number of aldehydes is 1. The van der Waals surface area contributed by atoms with Gasteiger partial charge in [0.2, 0.25) is 0 Å². The predicted octanol–water partition coefficient (Wildman–Crippen LogP) is 4.76. The number of rotatable bonds is 10. The van der Waals surface area contributed by atoms with Crippen molar-refractivity contribution in [1.82, 2.24) is 14.4 Å². The molecule has 0 amide bonds. The fraction of sp³-hybridized carbons (Fsp3) is 0.316. The smallest absolute Gasteiger partial charge is 0.180 e. The number of carbonyl (C=O) groups excluding carboxylic acids is 1. The van der Waals surface area contributed by atoms with Gasteiger partial charge in [-0.1, -0.05) is 12.8 Å². The average Bonchev–Trinajstić information content (AvgIpc) is 3.11. The predicted molar refractivity (Wildman–Crippen MR) is 105 cm³/mol. The average molecular weight is 417 g/mol. The van der Waals surface area contributed by atoms with E-state index in [4.69, 9.17) is 4.74 Å². The molecule has 0 spiro atoms. The van der Waals surface area contributed by atoms with Crippen molar-refractivity contribution in [2.75, 3.05) is 11.9 Å². The number of imidazole rings is 1. The van der Waals surface area contributed by atoms with E-state index in [1.54, 1.807) is 6.20 Å². The van der Waals surface area contributed by atoms with Crippen LogP contribution >= 0.6 is 15.9 Å². The molecule has 0 aliphatic heterocycles. The molecular formula is C19H21BrN4O2. The van der Waals surface area contributed by atoms with E-state index < -0.39 is 0 Å². The Kier molecular flexibility index (Phi) is 6.60. The van der Waals surface area contributed by atoms with Gasteiger partial charge in [-0.2, -0.15) is 0 Å². The highest BCUT2D eigenvalue weighted by Gasteiger charge is 2.07. The van der Waals surface area contributed by atoms with Crippen molar-refractivity contribution >= 4 is 39.4 Å². The maximum absolute atomic E-state index is 10.2. The molecule has 2 aromatic heterocycles. The van der Waals surface area contributed by atoms with Gasteiger partial charge in [0.05, 0.1) is 6.61 Å². The number of fused-ring (bicyclic) bond motifs is 1. The van der Waals surface area contributed by atoms with Gasteiger partial charge in [-0.3, -0.25) is 0 Å². The molecule has 0 aliphatic carbocycles. The van der Waals surface area contributed by atoms with Gasteiger partial charge in [-0.25, -0.2) is 9.97 Å². The molecule has 1 N–H and O–H groups in total. The zero-order chi connectivity index (χ0) is 18.2. The van der Waals surface area contributed by atoms with E-state index in [2.05, 4.69) is 31.2 Å². The molecule has 3 rings (SSSR count). The molecule has 136 valence electrons. The van der Waals surface area contributed by atoms with E-state index in [-0.39, 0.29) is 0 Å². The minimum atomic E-state index is 0.660. The van der Waals surface area contributed by atoms with Gasteiger partial charge in [0, 0.05) is 30.7 Å². The van der Waals surface area contributed by atoms with Gasteiger partial charge >= 0.3 is 0 Å². The molecule has 2 heterocycles. The molecule has 7 heteroatoms. The molecule has 0 atom stereocenters. The second-order valence-corrected chi connectivity index (χ2v) is 6.75. The van der Waals surface area contributed by atoms with E-state index in [9.17, 15) is 4.79 Å². The van der Waals surface area contributed by atoms with E-state index in [0.29, 0.717) is 18.8 Å². The van der Waals surface area contributed by atoms with E-state index in [0.717, 1.165) is 53.7 Å². The Bertz CT molecular complexity index is 848. The summed E-state index contributed by atoms with van der Waals surface area (Å²) < 4.78 is 8.40. The number of nitrogens with one attached hydrogen (secondary N) is 1. The first-order chi connectivity index (χ1) is 12.8. The molecular weight excluding hydrogens is 396 g/mol. The Balaban J connectivity index is 1.51. The van der Waals surface area contributed by atoms with Gasteiger partial charge < -0.3 is 19.2 Å². The zero-order valence-corrected chi connectivity index (χ0v) is 16.0. The minimum Gasteiger partial charge on any atom is -0.494 e. The van der Waals surface area contributed by atoms with Crippen molar-refractivity contribution in [2.24, 2.45) is 0 Å². The summed E-state index contributed by atoms with van der Waals surface area (Å²) in [4.78, 5) is 19.0. The number of ether oxygens (including phenoxy) is 1. The van der Waals surface area contributed by atoms with Gasteiger partial charge in [0.15, 0.2) is 11.5 Å². The summed E-state index contributed by atoms with van der Waals surface area (Å²) >= 11 is 3.41. The van der Waals surface area contributed by atoms with Crippen LogP contribution in [-0.2, 0) is 4.79 Å². The van der Waals surface area contributed by atoms with Crippen molar-refractivity contribution in [3.8, 4) is 5.75 Å². The molecule has 0 fully saturated rings. The lowest BCUT2D eigenvalue weighted by Crippen LogP contribution is -2.00. The summed E-state index contributed by atoms with van der Waals surface area (Å²) in [6.07, 6.45) is 11.3. The number of nitrogens with zero attached hydrogens (tertiary/aromatic N) is 3. The number of hydrogen-bond acceptors (Lipinski definition) is 5. The monoisotopic (exact) mass is 416 g/mol. The maximum atomic E-state index is 10.2. The fourth-order valence-electron chi connectivity index (χ4n) is 2.63. The van der Waals surface area contributed by atoms with Crippen LogP contribution in [0, 0.1) is 0 Å². The highest BCUT2D eigenvalue weighted by molar-refractivity contribution is 9.10. The van der Waals surface area contributed by atoms with Crippen LogP contribution in [0.3, 0.4) is 0 Å². The Morgan fingerprint density at radius 3 is 2.77 bits per heavy atom. The molecule has 0 saturated carbocycles. The third kappa shape index (κ3) is 5.05. The van der Waals surface area contributed by atoms with Crippen LogP contribution in [-0.4, -0.2) is 27.3 Å². The van der Waals surface area contributed by atoms with Crippen LogP contribution in [0.1, 0.15) is 32.1 Å². The Labute approximate surface area is 160 Å². The second kappa shape index (κ2) is 9.33. The Hall–Kier alpha value is -2.41. The lowest BCUT2D eigenvalue weighted by molar-refractivity contribution is -0.107. The van der Waals surface area contributed by atoms with Gasteiger partial charge in [-0.05, 0) is 53.0 Å². The van der Waals surface area contributed by atoms with Crippen molar-refractivity contribution in [1.29, 1.82) is 0 Å². The molecule has 0 aliphatic rings. The first-order valence-corrected chi connectivity index (χ1v) is 9.48. The molecule has 3 aromatic rings. The topological polar surface area (TPSA) is 68.5 Å². The number of aromatic nitrogens is 3. The number of benzene rings is 1. The van der Waals surface area contributed by atoms with Crippen molar-refractivity contribution in [3.63, 3.8) is 0 Å². The number of anilines is 2. The first kappa shape index (κ1) is 18.4.